The molecule has 102 valence electrons. The predicted octanol–water partition coefficient (Wildman–Crippen LogP) is 1.05. The molecule has 0 aromatic carbocycles. The van der Waals surface area contributed by atoms with E-state index < -0.39 is 5.97 Å². The highest BCUT2D eigenvalue weighted by Gasteiger charge is 2.18. The molecule has 0 radical (unpaired) electrons. The van der Waals surface area contributed by atoms with Crippen LogP contribution in [0.4, 0.5) is 0 Å². The third kappa shape index (κ3) is 4.85. The van der Waals surface area contributed by atoms with Crippen LogP contribution in [0.5, 0.6) is 0 Å². The number of nitrogens with zero attached hydrogens (tertiary/aromatic N) is 2. The van der Waals surface area contributed by atoms with E-state index in [1.54, 1.807) is 0 Å². The zero-order chi connectivity index (χ0) is 13.8. The molecule has 0 saturated heterocycles. The molecule has 0 amide bonds. The van der Waals surface area contributed by atoms with Gasteiger partial charge >= 0.3 is 5.97 Å². The summed E-state index contributed by atoms with van der Waals surface area (Å²) in [7, 11) is 4.08. The van der Waals surface area contributed by atoms with Crippen molar-refractivity contribution in [3.8, 4) is 0 Å². The molecule has 0 unspecified atom stereocenters. The third-order valence-electron chi connectivity index (χ3n) is 2.43. The van der Waals surface area contributed by atoms with Gasteiger partial charge in [0.25, 0.3) is 0 Å². The molecule has 1 aromatic heterocycles. The molecule has 0 bridgehead atoms. The van der Waals surface area contributed by atoms with E-state index in [-0.39, 0.29) is 11.1 Å². The van der Waals surface area contributed by atoms with Crippen molar-refractivity contribution in [3.63, 3.8) is 0 Å². The SMILES string of the molecule is CN(C)CC(C)(C)CNCc1cc(C(=O)O)no1. The Morgan fingerprint density at radius 1 is 1.56 bits per heavy atom. The van der Waals surface area contributed by atoms with Gasteiger partial charge in [0.1, 0.15) is 0 Å². The normalized spacial score (nSPS) is 12.1. The van der Waals surface area contributed by atoms with Crippen LogP contribution in [-0.2, 0) is 6.54 Å². The smallest absolute Gasteiger partial charge is 0.358 e. The summed E-state index contributed by atoms with van der Waals surface area (Å²) in [6.07, 6.45) is 0. The lowest BCUT2D eigenvalue weighted by atomic mass is 9.93. The van der Waals surface area contributed by atoms with Crippen LogP contribution >= 0.6 is 0 Å². The summed E-state index contributed by atoms with van der Waals surface area (Å²) in [6.45, 7) is 6.61. The van der Waals surface area contributed by atoms with Crippen LogP contribution in [-0.4, -0.2) is 48.3 Å². The van der Waals surface area contributed by atoms with Gasteiger partial charge in [0, 0.05) is 19.2 Å². The number of aromatic carboxylic acids is 1. The number of rotatable bonds is 7. The first kappa shape index (κ1) is 14.7. The standard InChI is InChI=1S/C12H21N3O3/c1-12(2,8-15(3)4)7-13-6-9-5-10(11(16)17)14-18-9/h5,13H,6-8H2,1-4H3,(H,16,17). The van der Waals surface area contributed by atoms with Gasteiger partial charge in [-0.05, 0) is 19.5 Å². The number of hydrogen-bond donors (Lipinski definition) is 2. The first-order valence-electron chi connectivity index (χ1n) is 5.84. The first-order valence-corrected chi connectivity index (χ1v) is 5.84. The van der Waals surface area contributed by atoms with E-state index in [1.165, 1.54) is 6.07 Å². The Hall–Kier alpha value is -1.40. The highest BCUT2D eigenvalue weighted by molar-refractivity contribution is 5.85. The minimum atomic E-state index is -1.07. The summed E-state index contributed by atoms with van der Waals surface area (Å²) in [5.74, 6) is -0.536. The summed E-state index contributed by atoms with van der Waals surface area (Å²) < 4.78 is 4.92. The maximum Gasteiger partial charge on any atom is 0.358 e. The molecule has 18 heavy (non-hydrogen) atoms. The van der Waals surface area contributed by atoms with E-state index in [0.717, 1.165) is 13.1 Å². The summed E-state index contributed by atoms with van der Waals surface area (Å²) in [5.41, 5.74) is 0.0819. The molecule has 1 rings (SSSR count). The van der Waals surface area contributed by atoms with E-state index in [9.17, 15) is 4.79 Å². The van der Waals surface area contributed by atoms with Crippen molar-refractivity contribution in [2.45, 2.75) is 20.4 Å². The fraction of sp³-hybridized carbons (Fsp3) is 0.667. The predicted molar refractivity (Wildman–Crippen MR) is 67.5 cm³/mol. The molecule has 6 nitrogen and oxygen atoms in total. The number of aromatic nitrogens is 1. The molecular weight excluding hydrogens is 234 g/mol. The summed E-state index contributed by atoms with van der Waals surface area (Å²) in [5, 5.41) is 15.4. The molecule has 0 saturated carbocycles. The van der Waals surface area contributed by atoms with Gasteiger partial charge in [-0.25, -0.2) is 4.79 Å². The Kier molecular flexibility index (Phi) is 4.86. The Balaban J connectivity index is 2.39. The zero-order valence-electron chi connectivity index (χ0n) is 11.4. The van der Waals surface area contributed by atoms with E-state index in [0.29, 0.717) is 12.3 Å². The fourth-order valence-electron chi connectivity index (χ4n) is 1.93. The average molecular weight is 255 g/mol. The number of nitrogens with one attached hydrogen (secondary N) is 1. The molecule has 0 spiro atoms. The van der Waals surface area contributed by atoms with Crippen molar-refractivity contribution in [1.82, 2.24) is 15.4 Å². The molecule has 0 atom stereocenters. The van der Waals surface area contributed by atoms with Crippen LogP contribution in [0.2, 0.25) is 0 Å². The quantitative estimate of drug-likeness (QED) is 0.758. The Morgan fingerprint density at radius 2 is 2.22 bits per heavy atom. The lowest BCUT2D eigenvalue weighted by Crippen LogP contribution is -2.37. The molecule has 2 N–H and O–H groups in total. The van der Waals surface area contributed by atoms with Gasteiger partial charge in [-0.15, -0.1) is 0 Å². The van der Waals surface area contributed by atoms with E-state index in [1.807, 2.05) is 14.1 Å². The second-order valence-corrected chi connectivity index (χ2v) is 5.49. The second-order valence-electron chi connectivity index (χ2n) is 5.49. The van der Waals surface area contributed by atoms with Gasteiger partial charge in [0.05, 0.1) is 6.54 Å². The van der Waals surface area contributed by atoms with E-state index >= 15 is 0 Å². The van der Waals surface area contributed by atoms with Crippen molar-refractivity contribution >= 4 is 5.97 Å². The first-order chi connectivity index (χ1) is 8.30. The van der Waals surface area contributed by atoms with Gasteiger partial charge < -0.3 is 19.8 Å². The topological polar surface area (TPSA) is 78.6 Å². The molecular formula is C12H21N3O3. The average Bonchev–Trinajstić information content (AvgIpc) is 2.63. The molecule has 1 heterocycles. The molecule has 0 fully saturated rings. The van der Waals surface area contributed by atoms with Crippen LogP contribution in [0, 0.1) is 5.41 Å². The Labute approximate surface area is 107 Å². The van der Waals surface area contributed by atoms with Crippen LogP contribution in [0.15, 0.2) is 10.6 Å². The minimum absolute atomic E-state index is 0.0562. The minimum Gasteiger partial charge on any atom is -0.476 e. The number of carboxylic acid groups (broad SMARTS) is 1. The lowest BCUT2D eigenvalue weighted by molar-refractivity contribution is 0.0685. The Morgan fingerprint density at radius 3 is 2.72 bits per heavy atom. The number of hydrogen-bond acceptors (Lipinski definition) is 5. The molecule has 0 aliphatic heterocycles. The molecule has 6 heteroatoms. The van der Waals surface area contributed by atoms with Gasteiger partial charge in [-0.2, -0.15) is 0 Å². The summed E-state index contributed by atoms with van der Waals surface area (Å²) >= 11 is 0. The van der Waals surface area contributed by atoms with Crippen molar-refractivity contribution < 1.29 is 14.4 Å². The van der Waals surface area contributed by atoms with Crippen molar-refractivity contribution in [2.24, 2.45) is 5.41 Å². The molecule has 1 aromatic rings. The van der Waals surface area contributed by atoms with Gasteiger partial charge in [0.15, 0.2) is 11.5 Å². The molecule has 0 aliphatic rings. The third-order valence-corrected chi connectivity index (χ3v) is 2.43. The van der Waals surface area contributed by atoms with Crippen LogP contribution < -0.4 is 5.32 Å². The highest BCUT2D eigenvalue weighted by atomic mass is 16.5. The second kappa shape index (κ2) is 5.97. The molecule has 0 aliphatic carbocycles. The maximum atomic E-state index is 10.6. The van der Waals surface area contributed by atoms with Crippen molar-refractivity contribution in [1.29, 1.82) is 0 Å². The van der Waals surface area contributed by atoms with Crippen molar-refractivity contribution in [3.05, 3.63) is 17.5 Å². The van der Waals surface area contributed by atoms with Gasteiger partial charge in [-0.3, -0.25) is 0 Å². The van der Waals surface area contributed by atoms with E-state index in [2.05, 4.69) is 29.2 Å². The lowest BCUT2D eigenvalue weighted by Gasteiger charge is -2.28. The van der Waals surface area contributed by atoms with Gasteiger partial charge in [0.2, 0.25) is 0 Å². The van der Waals surface area contributed by atoms with Crippen molar-refractivity contribution in [2.75, 3.05) is 27.2 Å². The van der Waals surface area contributed by atoms with Crippen LogP contribution in [0.1, 0.15) is 30.1 Å². The van der Waals surface area contributed by atoms with Crippen LogP contribution in [0.3, 0.4) is 0 Å². The number of carboxylic acids is 1. The van der Waals surface area contributed by atoms with Crippen LogP contribution in [0.25, 0.3) is 0 Å². The van der Waals surface area contributed by atoms with E-state index in [4.69, 9.17) is 9.63 Å². The number of carbonyl (C=O) groups is 1. The fourth-order valence-corrected chi connectivity index (χ4v) is 1.93. The van der Waals surface area contributed by atoms with Gasteiger partial charge in [-0.1, -0.05) is 19.0 Å². The largest absolute Gasteiger partial charge is 0.476 e. The zero-order valence-corrected chi connectivity index (χ0v) is 11.4. The monoisotopic (exact) mass is 255 g/mol. The highest BCUT2D eigenvalue weighted by Crippen LogP contribution is 2.14. The summed E-state index contributed by atoms with van der Waals surface area (Å²) in [4.78, 5) is 12.8. The summed E-state index contributed by atoms with van der Waals surface area (Å²) in [6, 6.07) is 1.44. The maximum absolute atomic E-state index is 10.6. The Bertz CT molecular complexity index is 399.